The summed E-state index contributed by atoms with van der Waals surface area (Å²) in [5, 5.41) is 4.15. The van der Waals surface area contributed by atoms with Crippen LogP contribution in [0, 0.1) is 0 Å². The van der Waals surface area contributed by atoms with Crippen LogP contribution in [0.4, 0.5) is 0 Å². The van der Waals surface area contributed by atoms with E-state index in [9.17, 15) is 0 Å². The van der Waals surface area contributed by atoms with E-state index in [0.717, 1.165) is 48.7 Å². The van der Waals surface area contributed by atoms with Crippen molar-refractivity contribution in [1.82, 2.24) is 5.32 Å². The van der Waals surface area contributed by atoms with Crippen molar-refractivity contribution in [1.29, 1.82) is 0 Å². The van der Waals surface area contributed by atoms with Crippen molar-refractivity contribution in [2.24, 2.45) is 0 Å². The number of halogens is 1. The van der Waals surface area contributed by atoms with Gasteiger partial charge in [0.15, 0.2) is 11.5 Å². The molecule has 5 heteroatoms. The minimum Gasteiger partial charge on any atom is -0.493 e. The minimum absolute atomic E-state index is 0.349. The highest BCUT2D eigenvalue weighted by Crippen LogP contribution is 2.29. The Kier molecular flexibility index (Phi) is 6.56. The number of rotatable bonds is 8. The molecule has 1 heterocycles. The van der Waals surface area contributed by atoms with Crippen LogP contribution in [0.3, 0.4) is 0 Å². The first-order valence-corrected chi connectivity index (χ1v) is 8.99. The smallest absolute Gasteiger partial charge is 0.161 e. The third-order valence-electron chi connectivity index (χ3n) is 4.24. The molecule has 0 unspecified atom stereocenters. The van der Waals surface area contributed by atoms with E-state index in [1.165, 1.54) is 6.42 Å². The van der Waals surface area contributed by atoms with Gasteiger partial charge in [0.1, 0.15) is 6.61 Å². The lowest BCUT2D eigenvalue weighted by molar-refractivity contribution is 0.110. The topological polar surface area (TPSA) is 39.7 Å². The van der Waals surface area contributed by atoms with Gasteiger partial charge in [0.25, 0.3) is 0 Å². The van der Waals surface area contributed by atoms with Gasteiger partial charge in [-0.25, -0.2) is 0 Å². The molecule has 3 rings (SSSR count). The van der Waals surface area contributed by atoms with Crippen LogP contribution in [0.5, 0.6) is 11.5 Å². The molecule has 1 N–H and O–H groups in total. The second-order valence-corrected chi connectivity index (χ2v) is 6.61. The van der Waals surface area contributed by atoms with Gasteiger partial charge in [0.05, 0.1) is 13.2 Å². The summed E-state index contributed by atoms with van der Waals surface area (Å²) < 4.78 is 17.0. The van der Waals surface area contributed by atoms with Crippen molar-refractivity contribution < 1.29 is 14.2 Å². The molecule has 1 saturated heterocycles. The summed E-state index contributed by atoms with van der Waals surface area (Å²) in [5.41, 5.74) is 2.18. The Labute approximate surface area is 154 Å². The molecular weight excluding hydrogens is 338 g/mol. The van der Waals surface area contributed by atoms with Crippen LogP contribution in [-0.2, 0) is 17.9 Å². The van der Waals surface area contributed by atoms with Crippen molar-refractivity contribution in [2.75, 3.05) is 20.3 Å². The van der Waals surface area contributed by atoms with Crippen molar-refractivity contribution in [3.8, 4) is 11.5 Å². The summed E-state index contributed by atoms with van der Waals surface area (Å²) in [5.74, 6) is 1.46. The minimum atomic E-state index is 0.349. The largest absolute Gasteiger partial charge is 0.493 e. The molecule has 1 aliphatic rings. The first kappa shape index (κ1) is 18.1. The molecule has 1 atom stereocenters. The molecule has 25 heavy (non-hydrogen) atoms. The van der Waals surface area contributed by atoms with Crippen LogP contribution in [0.15, 0.2) is 42.5 Å². The van der Waals surface area contributed by atoms with Crippen molar-refractivity contribution in [3.05, 3.63) is 58.6 Å². The number of nitrogens with one attached hydrogen (secondary N) is 1. The van der Waals surface area contributed by atoms with Gasteiger partial charge >= 0.3 is 0 Å². The Bertz CT molecular complexity index is 686. The van der Waals surface area contributed by atoms with Gasteiger partial charge in [0, 0.05) is 24.7 Å². The summed E-state index contributed by atoms with van der Waals surface area (Å²) in [6.45, 7) is 3.01. The molecular formula is C20H24ClNO3. The Balaban J connectivity index is 1.55. The highest BCUT2D eigenvalue weighted by Gasteiger charge is 2.14. The molecule has 0 saturated carbocycles. The van der Waals surface area contributed by atoms with Crippen LogP contribution in [0.2, 0.25) is 5.02 Å². The molecule has 2 aromatic rings. The molecule has 0 aliphatic carbocycles. The van der Waals surface area contributed by atoms with E-state index >= 15 is 0 Å². The van der Waals surface area contributed by atoms with E-state index in [-0.39, 0.29) is 0 Å². The first-order chi connectivity index (χ1) is 12.2. The van der Waals surface area contributed by atoms with E-state index in [2.05, 4.69) is 11.4 Å². The highest BCUT2D eigenvalue weighted by atomic mass is 35.5. The van der Waals surface area contributed by atoms with Crippen LogP contribution in [-0.4, -0.2) is 26.4 Å². The van der Waals surface area contributed by atoms with Crippen LogP contribution in [0.1, 0.15) is 24.0 Å². The van der Waals surface area contributed by atoms with Gasteiger partial charge in [-0.3, -0.25) is 0 Å². The van der Waals surface area contributed by atoms with Crippen LogP contribution < -0.4 is 14.8 Å². The van der Waals surface area contributed by atoms with Gasteiger partial charge in [-0.2, -0.15) is 0 Å². The van der Waals surface area contributed by atoms with Crippen LogP contribution >= 0.6 is 11.6 Å². The monoisotopic (exact) mass is 361 g/mol. The summed E-state index contributed by atoms with van der Waals surface area (Å²) in [4.78, 5) is 0. The lowest BCUT2D eigenvalue weighted by Crippen LogP contribution is -2.25. The lowest BCUT2D eigenvalue weighted by atomic mass is 10.2. The van der Waals surface area contributed by atoms with Crippen molar-refractivity contribution >= 4 is 11.6 Å². The maximum atomic E-state index is 6.01. The second-order valence-electron chi connectivity index (χ2n) is 6.17. The average Bonchev–Trinajstić information content (AvgIpc) is 3.14. The molecule has 0 amide bonds. The zero-order valence-electron chi connectivity index (χ0n) is 14.5. The summed E-state index contributed by atoms with van der Waals surface area (Å²) in [6, 6.07) is 13.7. The Morgan fingerprint density at radius 3 is 2.84 bits per heavy atom. The summed E-state index contributed by atoms with van der Waals surface area (Å²) >= 11 is 6.01. The fourth-order valence-corrected chi connectivity index (χ4v) is 3.12. The molecule has 0 bridgehead atoms. The van der Waals surface area contributed by atoms with Gasteiger partial charge in [-0.15, -0.1) is 0 Å². The zero-order valence-corrected chi connectivity index (χ0v) is 15.2. The predicted molar refractivity (Wildman–Crippen MR) is 99.5 cm³/mol. The van der Waals surface area contributed by atoms with Gasteiger partial charge in [-0.1, -0.05) is 29.8 Å². The maximum absolute atomic E-state index is 6.01. The molecule has 0 radical (unpaired) electrons. The molecule has 2 aromatic carbocycles. The van der Waals surface area contributed by atoms with Gasteiger partial charge in [-0.05, 0) is 48.2 Å². The maximum Gasteiger partial charge on any atom is 0.161 e. The SMILES string of the molecule is COc1cc(CNC[C@H]2CCCO2)ccc1OCc1cccc(Cl)c1. The normalized spacial score (nSPS) is 16.8. The summed E-state index contributed by atoms with van der Waals surface area (Å²) in [7, 11) is 1.66. The Hall–Kier alpha value is -1.75. The van der Waals surface area contributed by atoms with Crippen molar-refractivity contribution in [3.63, 3.8) is 0 Å². The predicted octanol–water partition coefficient (Wildman–Crippen LogP) is 4.20. The number of ether oxygens (including phenoxy) is 3. The first-order valence-electron chi connectivity index (χ1n) is 8.61. The number of hydrogen-bond acceptors (Lipinski definition) is 4. The number of methoxy groups -OCH3 is 1. The molecule has 1 fully saturated rings. The van der Waals surface area contributed by atoms with Crippen LogP contribution in [0.25, 0.3) is 0 Å². The summed E-state index contributed by atoms with van der Waals surface area (Å²) in [6.07, 6.45) is 2.66. The van der Waals surface area contributed by atoms with Crippen molar-refractivity contribution in [2.45, 2.75) is 32.1 Å². The van der Waals surface area contributed by atoms with E-state index in [1.54, 1.807) is 7.11 Å². The van der Waals surface area contributed by atoms with Gasteiger partial charge < -0.3 is 19.5 Å². The fourth-order valence-electron chi connectivity index (χ4n) is 2.91. The number of hydrogen-bond donors (Lipinski definition) is 1. The molecule has 134 valence electrons. The van der Waals surface area contributed by atoms with E-state index in [0.29, 0.717) is 17.7 Å². The standard InChI is InChI=1S/C20H24ClNO3/c1-23-20-11-15(12-22-13-18-6-3-9-24-18)7-8-19(20)25-14-16-4-2-5-17(21)10-16/h2,4-5,7-8,10-11,18,22H,3,6,9,12-14H2,1H3/t18-/m1/s1. The lowest BCUT2D eigenvalue weighted by Gasteiger charge is -2.14. The van der Waals surface area contributed by atoms with Gasteiger partial charge in [0.2, 0.25) is 0 Å². The zero-order chi connectivity index (χ0) is 17.5. The highest BCUT2D eigenvalue weighted by molar-refractivity contribution is 6.30. The number of benzene rings is 2. The average molecular weight is 362 g/mol. The third-order valence-corrected chi connectivity index (χ3v) is 4.47. The fraction of sp³-hybridized carbons (Fsp3) is 0.400. The van der Waals surface area contributed by atoms with E-state index in [1.807, 2.05) is 36.4 Å². The second kappa shape index (κ2) is 9.09. The Morgan fingerprint density at radius 1 is 1.16 bits per heavy atom. The molecule has 4 nitrogen and oxygen atoms in total. The quantitative estimate of drug-likeness (QED) is 0.765. The van der Waals surface area contributed by atoms with E-state index in [4.69, 9.17) is 25.8 Å². The molecule has 1 aliphatic heterocycles. The molecule has 0 aromatic heterocycles. The van der Waals surface area contributed by atoms with E-state index < -0.39 is 0 Å². The third kappa shape index (κ3) is 5.36. The molecule has 0 spiro atoms. The Morgan fingerprint density at radius 2 is 2.08 bits per heavy atom.